The van der Waals surface area contributed by atoms with E-state index in [4.69, 9.17) is 33.4 Å². The van der Waals surface area contributed by atoms with Crippen LogP contribution in [0.2, 0.25) is 0 Å². The summed E-state index contributed by atoms with van der Waals surface area (Å²) in [5.41, 5.74) is 5.32. The van der Waals surface area contributed by atoms with Gasteiger partial charge in [-0.1, -0.05) is 0 Å². The summed E-state index contributed by atoms with van der Waals surface area (Å²) >= 11 is 0. The molecule has 36 heavy (non-hydrogen) atoms. The van der Waals surface area contributed by atoms with Crippen LogP contribution in [0, 0.1) is 0 Å². The summed E-state index contributed by atoms with van der Waals surface area (Å²) in [6.07, 6.45) is 0.825. The Bertz CT molecular complexity index is 1050. The number of aldehydes is 1. The molecule has 0 aliphatic rings. The van der Waals surface area contributed by atoms with Crippen molar-refractivity contribution in [2.75, 3.05) is 54.9 Å². The number of carbonyl (C=O) groups is 1. The minimum Gasteiger partial charge on any atom is -0.497 e. The highest BCUT2D eigenvalue weighted by Gasteiger charge is 2.15. The van der Waals surface area contributed by atoms with Gasteiger partial charge in [-0.05, 0) is 59.7 Å². The van der Waals surface area contributed by atoms with Crippen molar-refractivity contribution < 1.29 is 33.2 Å². The Labute approximate surface area is 212 Å². The predicted octanol–water partition coefficient (Wildman–Crippen LogP) is 4.57. The molecule has 0 spiro atoms. The molecule has 3 aromatic rings. The van der Waals surface area contributed by atoms with Gasteiger partial charge < -0.3 is 28.4 Å². The average molecular weight is 496 g/mol. The van der Waals surface area contributed by atoms with E-state index in [1.807, 2.05) is 36.4 Å². The van der Waals surface area contributed by atoms with Gasteiger partial charge in [0.25, 0.3) is 0 Å². The van der Waals surface area contributed by atoms with E-state index in [0.29, 0.717) is 68.1 Å². The number of carbonyl (C=O) groups excluding carboxylic acids is 1. The highest BCUT2D eigenvalue weighted by Crippen LogP contribution is 2.32. The molecule has 0 radical (unpaired) electrons. The first-order valence-electron chi connectivity index (χ1n) is 11.6. The molecule has 0 fully saturated rings. The van der Waals surface area contributed by atoms with Crippen molar-refractivity contribution in [2.45, 2.75) is 13.2 Å². The summed E-state index contributed by atoms with van der Waals surface area (Å²) in [5.74, 6) is 1.42. The number of benzene rings is 2. The number of nitrogens with zero attached hydrogens (tertiary/aromatic N) is 1. The monoisotopic (exact) mass is 495 g/mol. The Morgan fingerprint density at radius 2 is 1.14 bits per heavy atom. The highest BCUT2D eigenvalue weighted by molar-refractivity contribution is 5.82. The van der Waals surface area contributed by atoms with Crippen LogP contribution in [0.25, 0.3) is 22.5 Å². The van der Waals surface area contributed by atoms with Crippen molar-refractivity contribution >= 4 is 6.29 Å². The van der Waals surface area contributed by atoms with Crippen molar-refractivity contribution in [3.05, 3.63) is 65.2 Å². The van der Waals surface area contributed by atoms with E-state index < -0.39 is 0 Å². The molecule has 0 saturated heterocycles. The standard InChI is InChI=1S/C28H33NO7/c1-31-9-11-35-18-21-15-23(33-3)5-7-25(21)27-13-20(17-30)14-28(29-27)26-8-6-24(34-4)16-22(26)19-36-12-10-32-2/h5-8,13-17H,9-12,18-19H2,1-4H3. The maximum Gasteiger partial charge on any atom is 0.150 e. The molecule has 0 aliphatic carbocycles. The van der Waals surface area contributed by atoms with Crippen LogP contribution in [-0.4, -0.2) is 66.1 Å². The number of pyridine rings is 1. The van der Waals surface area contributed by atoms with E-state index >= 15 is 0 Å². The van der Waals surface area contributed by atoms with Crippen molar-refractivity contribution in [1.29, 1.82) is 0 Å². The third-order valence-corrected chi connectivity index (χ3v) is 5.54. The fourth-order valence-electron chi connectivity index (χ4n) is 3.68. The summed E-state index contributed by atoms with van der Waals surface area (Å²) in [7, 11) is 6.50. The molecular weight excluding hydrogens is 462 g/mol. The first kappa shape index (κ1) is 27.3. The van der Waals surface area contributed by atoms with Gasteiger partial charge in [-0.15, -0.1) is 0 Å². The number of ether oxygens (including phenoxy) is 6. The van der Waals surface area contributed by atoms with Gasteiger partial charge in [0, 0.05) is 30.9 Å². The molecule has 2 aromatic carbocycles. The van der Waals surface area contributed by atoms with Gasteiger partial charge >= 0.3 is 0 Å². The second kappa shape index (κ2) is 14.3. The second-order valence-electron chi connectivity index (χ2n) is 7.93. The normalized spacial score (nSPS) is 10.9. The third-order valence-electron chi connectivity index (χ3n) is 5.54. The number of methoxy groups -OCH3 is 4. The molecule has 0 N–H and O–H groups in total. The molecular formula is C28H33NO7. The number of hydrogen-bond acceptors (Lipinski definition) is 8. The van der Waals surface area contributed by atoms with Crippen molar-refractivity contribution in [3.63, 3.8) is 0 Å². The summed E-state index contributed by atoms with van der Waals surface area (Å²) in [6.45, 7) is 2.60. The smallest absolute Gasteiger partial charge is 0.150 e. The summed E-state index contributed by atoms with van der Waals surface area (Å²) in [4.78, 5) is 16.8. The van der Waals surface area contributed by atoms with Gasteiger partial charge in [0.15, 0.2) is 0 Å². The highest BCUT2D eigenvalue weighted by atomic mass is 16.5. The van der Waals surface area contributed by atoms with Crippen LogP contribution in [-0.2, 0) is 32.2 Å². The Hall–Kier alpha value is -3.30. The molecule has 0 amide bonds. The quantitative estimate of drug-likeness (QED) is 0.224. The maximum atomic E-state index is 11.9. The van der Waals surface area contributed by atoms with E-state index in [2.05, 4.69) is 0 Å². The van der Waals surface area contributed by atoms with E-state index in [1.54, 1.807) is 40.6 Å². The average Bonchev–Trinajstić information content (AvgIpc) is 2.92. The van der Waals surface area contributed by atoms with Gasteiger partial charge in [-0.25, -0.2) is 4.98 Å². The molecule has 0 saturated carbocycles. The van der Waals surface area contributed by atoms with Crippen molar-refractivity contribution in [3.8, 4) is 34.0 Å². The zero-order valence-electron chi connectivity index (χ0n) is 21.2. The molecule has 0 atom stereocenters. The zero-order chi connectivity index (χ0) is 25.8. The van der Waals surface area contributed by atoms with Crippen LogP contribution in [0.4, 0.5) is 0 Å². The number of aromatic nitrogens is 1. The summed E-state index contributed by atoms with van der Waals surface area (Å²) in [5, 5.41) is 0. The van der Waals surface area contributed by atoms with Crippen LogP contribution in [0.15, 0.2) is 48.5 Å². The van der Waals surface area contributed by atoms with Gasteiger partial charge in [-0.3, -0.25) is 4.79 Å². The van der Waals surface area contributed by atoms with Gasteiger partial charge in [-0.2, -0.15) is 0 Å². The van der Waals surface area contributed by atoms with Gasteiger partial charge in [0.2, 0.25) is 0 Å². The predicted molar refractivity (Wildman–Crippen MR) is 137 cm³/mol. The maximum absolute atomic E-state index is 11.9. The van der Waals surface area contributed by atoms with Crippen molar-refractivity contribution in [2.24, 2.45) is 0 Å². The largest absolute Gasteiger partial charge is 0.497 e. The fourth-order valence-corrected chi connectivity index (χ4v) is 3.68. The molecule has 8 nitrogen and oxygen atoms in total. The van der Waals surface area contributed by atoms with E-state index in [0.717, 1.165) is 28.5 Å². The first-order valence-corrected chi connectivity index (χ1v) is 11.6. The molecule has 0 bridgehead atoms. The molecule has 0 aliphatic heterocycles. The van der Waals surface area contributed by atoms with Crippen molar-refractivity contribution in [1.82, 2.24) is 4.98 Å². The third kappa shape index (κ3) is 7.35. The van der Waals surface area contributed by atoms with Crippen LogP contribution >= 0.6 is 0 Å². The Balaban J connectivity index is 2.04. The first-order chi connectivity index (χ1) is 17.6. The Morgan fingerprint density at radius 1 is 0.667 bits per heavy atom. The van der Waals surface area contributed by atoms with Crippen LogP contribution < -0.4 is 9.47 Å². The van der Waals surface area contributed by atoms with Crippen LogP contribution in [0.3, 0.4) is 0 Å². The lowest BCUT2D eigenvalue weighted by Gasteiger charge is -2.15. The summed E-state index contributed by atoms with van der Waals surface area (Å²) < 4.78 is 32.5. The van der Waals surface area contributed by atoms with E-state index in [9.17, 15) is 4.79 Å². The number of rotatable bonds is 15. The molecule has 1 heterocycles. The minimum atomic E-state index is 0.347. The van der Waals surface area contributed by atoms with Crippen LogP contribution in [0.1, 0.15) is 21.5 Å². The lowest BCUT2D eigenvalue weighted by atomic mass is 9.99. The SMILES string of the molecule is COCCOCc1cc(OC)ccc1-c1cc(C=O)cc(-c2ccc(OC)cc2COCCOC)n1. The fraction of sp³-hybridized carbons (Fsp3) is 0.357. The minimum absolute atomic E-state index is 0.347. The van der Waals surface area contributed by atoms with Crippen LogP contribution in [0.5, 0.6) is 11.5 Å². The van der Waals surface area contributed by atoms with Gasteiger partial charge in [0.1, 0.15) is 17.8 Å². The molecule has 8 heteroatoms. The molecule has 0 unspecified atom stereocenters. The topological polar surface area (TPSA) is 85.3 Å². The Kier molecular flexibility index (Phi) is 10.8. The summed E-state index contributed by atoms with van der Waals surface area (Å²) in [6, 6.07) is 15.0. The lowest BCUT2D eigenvalue weighted by molar-refractivity contribution is 0.0617. The molecule has 1 aromatic heterocycles. The second-order valence-corrected chi connectivity index (χ2v) is 7.93. The lowest BCUT2D eigenvalue weighted by Crippen LogP contribution is -2.05. The zero-order valence-corrected chi connectivity index (χ0v) is 21.2. The molecule has 3 rings (SSSR count). The Morgan fingerprint density at radius 3 is 1.53 bits per heavy atom. The van der Waals surface area contributed by atoms with Gasteiger partial charge in [0.05, 0.1) is 65.2 Å². The number of hydrogen-bond donors (Lipinski definition) is 0. The van der Waals surface area contributed by atoms with E-state index in [1.165, 1.54) is 0 Å². The van der Waals surface area contributed by atoms with E-state index in [-0.39, 0.29) is 0 Å². The molecule has 192 valence electrons.